The van der Waals surface area contributed by atoms with Crippen LogP contribution in [0.4, 0.5) is 0 Å². The van der Waals surface area contributed by atoms with E-state index in [1.807, 2.05) is 12.1 Å². The number of rotatable bonds is 3. The smallest absolute Gasteiger partial charge is 0.253 e. The van der Waals surface area contributed by atoms with Crippen molar-refractivity contribution in [3.8, 4) is 0 Å². The summed E-state index contributed by atoms with van der Waals surface area (Å²) >= 11 is 0. The molecule has 1 aliphatic carbocycles. The molecule has 2 aliphatic heterocycles. The molecule has 2 atom stereocenters. The molecule has 0 aromatic carbocycles. The molecule has 0 bridgehead atoms. The van der Waals surface area contributed by atoms with Gasteiger partial charge in [0.25, 0.3) is 5.91 Å². The van der Waals surface area contributed by atoms with Crippen LogP contribution in [0.3, 0.4) is 0 Å². The van der Waals surface area contributed by atoms with Crippen LogP contribution in [0.25, 0.3) is 0 Å². The Labute approximate surface area is 132 Å². The van der Waals surface area contributed by atoms with Gasteiger partial charge in [0, 0.05) is 50.7 Å². The molecule has 4 nitrogen and oxygen atoms in total. The molecule has 3 fully saturated rings. The van der Waals surface area contributed by atoms with Gasteiger partial charge in [-0.25, -0.2) is 0 Å². The van der Waals surface area contributed by atoms with E-state index in [4.69, 9.17) is 0 Å². The summed E-state index contributed by atoms with van der Waals surface area (Å²) in [5, 5.41) is 0. The number of hydrogen-bond acceptors (Lipinski definition) is 3. The molecule has 1 aromatic heterocycles. The number of pyridine rings is 1. The van der Waals surface area contributed by atoms with E-state index in [1.165, 1.54) is 45.3 Å². The lowest BCUT2D eigenvalue weighted by atomic mass is 10.0. The minimum absolute atomic E-state index is 0.180. The molecule has 4 rings (SSSR count). The third kappa shape index (κ3) is 2.76. The molecule has 4 heteroatoms. The molecule has 3 aliphatic rings. The van der Waals surface area contributed by atoms with Crippen molar-refractivity contribution in [1.82, 2.24) is 14.8 Å². The largest absolute Gasteiger partial charge is 0.338 e. The number of nitrogens with zero attached hydrogens (tertiary/aromatic N) is 3. The molecule has 0 spiro atoms. The van der Waals surface area contributed by atoms with Crippen molar-refractivity contribution in [2.45, 2.75) is 25.7 Å². The highest BCUT2D eigenvalue weighted by Crippen LogP contribution is 2.34. The van der Waals surface area contributed by atoms with E-state index in [-0.39, 0.29) is 5.91 Å². The van der Waals surface area contributed by atoms with Gasteiger partial charge in [-0.2, -0.15) is 0 Å². The number of likely N-dealkylation sites (tertiary alicyclic amines) is 2. The van der Waals surface area contributed by atoms with E-state index in [0.29, 0.717) is 11.8 Å². The van der Waals surface area contributed by atoms with E-state index in [1.54, 1.807) is 12.4 Å². The Kier molecular flexibility index (Phi) is 3.87. The molecular weight excluding hydrogens is 274 g/mol. The maximum Gasteiger partial charge on any atom is 0.253 e. The van der Waals surface area contributed by atoms with Gasteiger partial charge >= 0.3 is 0 Å². The van der Waals surface area contributed by atoms with E-state index in [0.717, 1.165) is 24.6 Å². The minimum Gasteiger partial charge on any atom is -0.338 e. The molecule has 0 N–H and O–H groups in total. The maximum atomic E-state index is 12.5. The Balaban J connectivity index is 1.32. The zero-order valence-electron chi connectivity index (χ0n) is 13.2. The molecule has 1 aromatic rings. The number of fused-ring (bicyclic) bond motifs is 1. The number of amides is 1. The van der Waals surface area contributed by atoms with Gasteiger partial charge in [-0.05, 0) is 42.7 Å². The monoisotopic (exact) mass is 299 g/mol. The van der Waals surface area contributed by atoms with Crippen molar-refractivity contribution in [2.24, 2.45) is 17.8 Å². The fourth-order valence-corrected chi connectivity index (χ4v) is 4.64. The van der Waals surface area contributed by atoms with Crippen molar-refractivity contribution in [3.63, 3.8) is 0 Å². The third-order valence-corrected chi connectivity index (χ3v) is 5.77. The second-order valence-corrected chi connectivity index (χ2v) is 7.34. The molecule has 2 saturated heterocycles. The Morgan fingerprint density at radius 1 is 1.05 bits per heavy atom. The lowest BCUT2D eigenvalue weighted by molar-refractivity contribution is 0.0772. The van der Waals surface area contributed by atoms with Crippen LogP contribution in [0.15, 0.2) is 24.5 Å². The van der Waals surface area contributed by atoms with Crippen LogP contribution < -0.4 is 0 Å². The van der Waals surface area contributed by atoms with Crippen molar-refractivity contribution in [2.75, 3.05) is 32.7 Å². The van der Waals surface area contributed by atoms with Crippen molar-refractivity contribution in [1.29, 1.82) is 0 Å². The topological polar surface area (TPSA) is 36.4 Å². The number of carbonyl (C=O) groups excluding carboxylic acids is 1. The van der Waals surface area contributed by atoms with Crippen LogP contribution in [0.5, 0.6) is 0 Å². The second-order valence-electron chi connectivity index (χ2n) is 7.34. The number of hydrogen-bond donors (Lipinski definition) is 0. The maximum absolute atomic E-state index is 12.5. The van der Waals surface area contributed by atoms with Gasteiger partial charge in [-0.15, -0.1) is 0 Å². The first-order valence-corrected chi connectivity index (χ1v) is 8.71. The summed E-state index contributed by atoms with van der Waals surface area (Å²) < 4.78 is 0. The fourth-order valence-electron chi connectivity index (χ4n) is 4.64. The summed E-state index contributed by atoms with van der Waals surface area (Å²) in [6.45, 7) is 5.56. The predicted molar refractivity (Wildman–Crippen MR) is 85.5 cm³/mol. The lowest BCUT2D eigenvalue weighted by Gasteiger charge is -2.23. The van der Waals surface area contributed by atoms with Gasteiger partial charge in [0.1, 0.15) is 0 Å². The normalized spacial score (nSPS) is 29.2. The highest BCUT2D eigenvalue weighted by Gasteiger charge is 2.42. The van der Waals surface area contributed by atoms with Crippen LogP contribution >= 0.6 is 0 Å². The third-order valence-electron chi connectivity index (χ3n) is 5.77. The number of carbonyl (C=O) groups is 1. The van der Waals surface area contributed by atoms with Gasteiger partial charge in [0.2, 0.25) is 0 Å². The first-order chi connectivity index (χ1) is 10.8. The average Bonchev–Trinajstić information content (AvgIpc) is 3.24. The zero-order valence-corrected chi connectivity index (χ0v) is 13.2. The summed E-state index contributed by atoms with van der Waals surface area (Å²) in [5.74, 6) is 2.49. The Morgan fingerprint density at radius 2 is 1.68 bits per heavy atom. The highest BCUT2D eigenvalue weighted by atomic mass is 16.2. The van der Waals surface area contributed by atoms with Crippen LogP contribution in [0, 0.1) is 17.8 Å². The lowest BCUT2D eigenvalue weighted by Crippen LogP contribution is -2.34. The summed E-state index contributed by atoms with van der Waals surface area (Å²) in [6, 6.07) is 3.64. The van der Waals surface area contributed by atoms with Crippen molar-refractivity contribution in [3.05, 3.63) is 30.1 Å². The first kappa shape index (κ1) is 14.2. The van der Waals surface area contributed by atoms with Gasteiger partial charge < -0.3 is 9.80 Å². The Hall–Kier alpha value is -1.42. The fraction of sp³-hybridized carbons (Fsp3) is 0.667. The molecule has 1 amide bonds. The Morgan fingerprint density at radius 3 is 2.32 bits per heavy atom. The van der Waals surface area contributed by atoms with Crippen LogP contribution in [0.1, 0.15) is 36.0 Å². The molecule has 0 radical (unpaired) electrons. The second kappa shape index (κ2) is 5.99. The van der Waals surface area contributed by atoms with Crippen LogP contribution in [-0.2, 0) is 0 Å². The van der Waals surface area contributed by atoms with E-state index < -0.39 is 0 Å². The highest BCUT2D eigenvalue weighted by molar-refractivity contribution is 5.94. The zero-order chi connectivity index (χ0) is 14.9. The van der Waals surface area contributed by atoms with Crippen molar-refractivity contribution >= 4 is 5.91 Å². The quantitative estimate of drug-likeness (QED) is 0.859. The molecular formula is C18H25N3O. The van der Waals surface area contributed by atoms with E-state index in [2.05, 4.69) is 14.8 Å². The SMILES string of the molecule is O=C(c1ccncc1)N1CC2CN(CC3CCCC3)CC2C1. The molecule has 1 saturated carbocycles. The van der Waals surface area contributed by atoms with E-state index >= 15 is 0 Å². The minimum atomic E-state index is 0.180. The molecule has 22 heavy (non-hydrogen) atoms. The predicted octanol–water partition coefficient (Wildman–Crippen LogP) is 2.28. The standard InChI is InChI=1S/C18H25N3O/c22-18(15-5-7-19-8-6-15)21-12-16-10-20(11-17(16)13-21)9-14-3-1-2-4-14/h5-8,14,16-17H,1-4,9-13H2. The number of aromatic nitrogens is 1. The van der Waals surface area contributed by atoms with E-state index in [9.17, 15) is 4.79 Å². The summed E-state index contributed by atoms with van der Waals surface area (Å²) in [5.41, 5.74) is 0.776. The van der Waals surface area contributed by atoms with Gasteiger partial charge in [-0.3, -0.25) is 9.78 Å². The van der Waals surface area contributed by atoms with Gasteiger partial charge in [0.05, 0.1) is 0 Å². The first-order valence-electron chi connectivity index (χ1n) is 8.71. The summed E-state index contributed by atoms with van der Waals surface area (Å²) in [7, 11) is 0. The van der Waals surface area contributed by atoms with Gasteiger partial charge in [0.15, 0.2) is 0 Å². The summed E-state index contributed by atoms with van der Waals surface area (Å²) in [6.07, 6.45) is 9.12. The summed E-state index contributed by atoms with van der Waals surface area (Å²) in [4.78, 5) is 21.2. The average molecular weight is 299 g/mol. The van der Waals surface area contributed by atoms with Crippen LogP contribution in [-0.4, -0.2) is 53.4 Å². The Bertz CT molecular complexity index is 512. The van der Waals surface area contributed by atoms with Crippen LogP contribution in [0.2, 0.25) is 0 Å². The molecule has 3 heterocycles. The van der Waals surface area contributed by atoms with Gasteiger partial charge in [-0.1, -0.05) is 12.8 Å². The van der Waals surface area contributed by atoms with Crippen molar-refractivity contribution < 1.29 is 4.79 Å². The molecule has 118 valence electrons. The molecule has 2 unspecified atom stereocenters.